The van der Waals surface area contributed by atoms with Crippen LogP contribution in [0.25, 0.3) is 0 Å². The first-order chi connectivity index (χ1) is 10.2. The normalized spacial score (nSPS) is 13.0. The summed E-state index contributed by atoms with van der Waals surface area (Å²) in [6.07, 6.45) is 2.42. The Morgan fingerprint density at radius 1 is 1.33 bits per heavy atom. The van der Waals surface area contributed by atoms with Gasteiger partial charge >= 0.3 is 5.97 Å². The van der Waals surface area contributed by atoms with Gasteiger partial charge in [-0.3, -0.25) is 4.79 Å². The Kier molecular flexibility index (Phi) is 6.20. The van der Waals surface area contributed by atoms with Crippen molar-refractivity contribution in [2.75, 3.05) is 32.6 Å². The summed E-state index contributed by atoms with van der Waals surface area (Å²) in [5.41, 5.74) is 1.15. The van der Waals surface area contributed by atoms with Crippen molar-refractivity contribution in [1.82, 2.24) is 5.32 Å². The average molecular weight is 311 g/mol. The number of hydrogen-bond donors (Lipinski definition) is 1. The first-order valence-corrected chi connectivity index (χ1v) is 8.30. The lowest BCUT2D eigenvalue weighted by molar-refractivity contribution is -0.142. The van der Waals surface area contributed by atoms with Gasteiger partial charge in [0.2, 0.25) is 0 Å². The molecule has 0 fully saturated rings. The van der Waals surface area contributed by atoms with Crippen molar-refractivity contribution in [3.05, 3.63) is 17.7 Å². The fourth-order valence-corrected chi connectivity index (χ4v) is 2.71. The molecule has 21 heavy (non-hydrogen) atoms. The molecule has 5 nitrogen and oxygen atoms in total. The van der Waals surface area contributed by atoms with Gasteiger partial charge in [0, 0.05) is 18.0 Å². The molecule has 0 saturated heterocycles. The molecule has 0 aromatic heterocycles. The highest BCUT2D eigenvalue weighted by atomic mass is 32.2. The number of ether oxygens (including phenoxy) is 3. The van der Waals surface area contributed by atoms with Crippen LogP contribution >= 0.6 is 11.8 Å². The summed E-state index contributed by atoms with van der Waals surface area (Å²) in [7, 11) is 0. The molecule has 1 N–H and O–H groups in total. The Morgan fingerprint density at radius 3 is 2.71 bits per heavy atom. The van der Waals surface area contributed by atoms with Gasteiger partial charge < -0.3 is 19.5 Å². The average Bonchev–Trinajstić information content (AvgIpc) is 2.51. The second-order valence-corrected chi connectivity index (χ2v) is 5.39. The van der Waals surface area contributed by atoms with Crippen molar-refractivity contribution in [3.8, 4) is 11.5 Å². The van der Waals surface area contributed by atoms with Gasteiger partial charge in [-0.05, 0) is 30.9 Å². The standard InChI is InChI=1S/C15H21NO4S/c1-3-18-15(17)4-5-16-10-11-8-12-13(9-14(11)21-2)20-7-6-19-12/h8-9,16H,3-7,10H2,1-2H3. The number of benzene rings is 1. The summed E-state index contributed by atoms with van der Waals surface area (Å²) < 4.78 is 16.1. The molecule has 116 valence electrons. The maximum absolute atomic E-state index is 11.3. The van der Waals surface area contributed by atoms with Gasteiger partial charge in [0.25, 0.3) is 0 Å². The second kappa shape index (κ2) is 8.14. The predicted octanol–water partition coefficient (Wildman–Crippen LogP) is 2.22. The van der Waals surface area contributed by atoms with Crippen molar-refractivity contribution >= 4 is 17.7 Å². The van der Waals surface area contributed by atoms with Crippen molar-refractivity contribution in [3.63, 3.8) is 0 Å². The number of hydrogen-bond acceptors (Lipinski definition) is 6. The summed E-state index contributed by atoms with van der Waals surface area (Å²) in [6, 6.07) is 4.03. The van der Waals surface area contributed by atoms with Gasteiger partial charge in [-0.15, -0.1) is 11.8 Å². The van der Waals surface area contributed by atoms with Gasteiger partial charge in [-0.2, -0.15) is 0 Å². The molecule has 0 bridgehead atoms. The van der Waals surface area contributed by atoms with E-state index >= 15 is 0 Å². The van der Waals surface area contributed by atoms with Crippen molar-refractivity contribution in [2.24, 2.45) is 0 Å². The van der Waals surface area contributed by atoms with E-state index in [1.807, 2.05) is 25.3 Å². The SMILES string of the molecule is CCOC(=O)CCNCc1cc2c(cc1SC)OCCO2. The summed E-state index contributed by atoms with van der Waals surface area (Å²) >= 11 is 1.67. The van der Waals surface area contributed by atoms with Crippen LogP contribution in [0.3, 0.4) is 0 Å². The molecule has 1 aliphatic rings. The zero-order chi connectivity index (χ0) is 15.1. The predicted molar refractivity (Wildman–Crippen MR) is 82.2 cm³/mol. The first kappa shape index (κ1) is 16.0. The van der Waals surface area contributed by atoms with Crippen molar-refractivity contribution in [2.45, 2.75) is 24.8 Å². The molecule has 0 atom stereocenters. The van der Waals surface area contributed by atoms with Crippen molar-refractivity contribution in [1.29, 1.82) is 0 Å². The minimum Gasteiger partial charge on any atom is -0.486 e. The van der Waals surface area contributed by atoms with E-state index in [1.165, 1.54) is 0 Å². The third-order valence-electron chi connectivity index (χ3n) is 3.07. The van der Waals surface area contributed by atoms with Crippen LogP contribution in [0.2, 0.25) is 0 Å². The molecule has 0 spiro atoms. The van der Waals surface area contributed by atoms with Crippen LogP contribution in [0.5, 0.6) is 11.5 Å². The molecule has 2 rings (SSSR count). The van der Waals surface area contributed by atoms with E-state index in [4.69, 9.17) is 14.2 Å². The van der Waals surface area contributed by atoms with Crippen LogP contribution < -0.4 is 14.8 Å². The zero-order valence-electron chi connectivity index (χ0n) is 12.4. The van der Waals surface area contributed by atoms with Crippen LogP contribution in [0.15, 0.2) is 17.0 Å². The number of carbonyl (C=O) groups excluding carboxylic acids is 1. The summed E-state index contributed by atoms with van der Waals surface area (Å²) in [6.45, 7) is 4.70. The molecule has 0 radical (unpaired) electrons. The quantitative estimate of drug-likeness (QED) is 0.473. The highest BCUT2D eigenvalue weighted by Gasteiger charge is 2.15. The van der Waals surface area contributed by atoms with E-state index in [1.54, 1.807) is 11.8 Å². The van der Waals surface area contributed by atoms with E-state index in [0.29, 0.717) is 39.3 Å². The van der Waals surface area contributed by atoms with Crippen LogP contribution in [0.1, 0.15) is 18.9 Å². The number of rotatable bonds is 7. The van der Waals surface area contributed by atoms with Gasteiger partial charge in [0.15, 0.2) is 11.5 Å². The molecule has 0 unspecified atom stereocenters. The number of thioether (sulfide) groups is 1. The number of fused-ring (bicyclic) bond motifs is 1. The van der Waals surface area contributed by atoms with Crippen LogP contribution in [-0.2, 0) is 16.1 Å². The number of nitrogens with one attached hydrogen (secondary N) is 1. The second-order valence-electron chi connectivity index (χ2n) is 4.54. The number of carbonyl (C=O) groups is 1. The topological polar surface area (TPSA) is 56.8 Å². The number of esters is 1. The van der Waals surface area contributed by atoms with E-state index < -0.39 is 0 Å². The Labute approximate surface area is 129 Å². The lowest BCUT2D eigenvalue weighted by atomic mass is 10.2. The largest absolute Gasteiger partial charge is 0.486 e. The Morgan fingerprint density at radius 2 is 2.05 bits per heavy atom. The lowest BCUT2D eigenvalue weighted by Crippen LogP contribution is -2.20. The van der Waals surface area contributed by atoms with Crippen LogP contribution in [0, 0.1) is 0 Å². The molecule has 6 heteroatoms. The van der Waals surface area contributed by atoms with E-state index in [9.17, 15) is 4.79 Å². The third kappa shape index (κ3) is 4.54. The Bertz CT molecular complexity index is 493. The van der Waals surface area contributed by atoms with E-state index in [0.717, 1.165) is 22.0 Å². The van der Waals surface area contributed by atoms with Gasteiger partial charge in [-0.1, -0.05) is 0 Å². The maximum atomic E-state index is 11.3. The zero-order valence-corrected chi connectivity index (χ0v) is 13.3. The molecule has 1 aliphatic heterocycles. The minimum absolute atomic E-state index is 0.169. The van der Waals surface area contributed by atoms with Gasteiger partial charge in [-0.25, -0.2) is 0 Å². The monoisotopic (exact) mass is 311 g/mol. The molecule has 1 heterocycles. The highest BCUT2D eigenvalue weighted by molar-refractivity contribution is 7.98. The Hall–Kier alpha value is -1.40. The molecule has 0 amide bonds. The summed E-state index contributed by atoms with van der Waals surface area (Å²) in [5.74, 6) is 1.43. The van der Waals surface area contributed by atoms with Gasteiger partial charge in [0.05, 0.1) is 13.0 Å². The minimum atomic E-state index is -0.169. The smallest absolute Gasteiger partial charge is 0.307 e. The van der Waals surface area contributed by atoms with Crippen molar-refractivity contribution < 1.29 is 19.0 Å². The van der Waals surface area contributed by atoms with Gasteiger partial charge in [0.1, 0.15) is 13.2 Å². The maximum Gasteiger partial charge on any atom is 0.307 e. The molecule has 0 saturated carbocycles. The Balaban J connectivity index is 1.91. The molecular weight excluding hydrogens is 290 g/mol. The molecule has 1 aromatic carbocycles. The lowest BCUT2D eigenvalue weighted by Gasteiger charge is -2.21. The summed E-state index contributed by atoms with van der Waals surface area (Å²) in [5, 5.41) is 3.26. The van der Waals surface area contributed by atoms with Crippen LogP contribution in [0.4, 0.5) is 0 Å². The molecule has 1 aromatic rings. The fourth-order valence-electron chi connectivity index (χ4n) is 2.09. The van der Waals surface area contributed by atoms with Crippen LogP contribution in [-0.4, -0.2) is 38.6 Å². The van der Waals surface area contributed by atoms with E-state index in [-0.39, 0.29) is 5.97 Å². The van der Waals surface area contributed by atoms with E-state index in [2.05, 4.69) is 5.32 Å². The summed E-state index contributed by atoms with van der Waals surface area (Å²) in [4.78, 5) is 12.4. The fraction of sp³-hybridized carbons (Fsp3) is 0.533. The molecule has 0 aliphatic carbocycles. The highest BCUT2D eigenvalue weighted by Crippen LogP contribution is 2.36. The first-order valence-electron chi connectivity index (χ1n) is 7.07. The third-order valence-corrected chi connectivity index (χ3v) is 3.89. The molecular formula is C15H21NO4S.